The van der Waals surface area contributed by atoms with Crippen LogP contribution in [0.1, 0.15) is 33.1 Å². The Kier molecular flexibility index (Phi) is 4.53. The minimum absolute atomic E-state index is 0.271. The van der Waals surface area contributed by atoms with Crippen LogP contribution in [0.25, 0.3) is 0 Å². The van der Waals surface area contributed by atoms with Gasteiger partial charge in [0.25, 0.3) is 0 Å². The summed E-state index contributed by atoms with van der Waals surface area (Å²) in [6.45, 7) is 6.33. The van der Waals surface area contributed by atoms with Crippen molar-refractivity contribution in [3.8, 4) is 0 Å². The zero-order valence-electron chi connectivity index (χ0n) is 11.2. The van der Waals surface area contributed by atoms with E-state index < -0.39 is 0 Å². The van der Waals surface area contributed by atoms with Crippen molar-refractivity contribution >= 4 is 5.82 Å². The topological polar surface area (TPSA) is 28.2 Å². The lowest BCUT2D eigenvalue weighted by molar-refractivity contribution is 0.370. The Morgan fingerprint density at radius 3 is 3.00 bits per heavy atom. The third kappa shape index (κ3) is 2.99. The van der Waals surface area contributed by atoms with Gasteiger partial charge in [0.05, 0.1) is 6.20 Å². The Bertz CT molecular complexity index is 366. The fourth-order valence-electron chi connectivity index (χ4n) is 2.76. The second-order valence-electron chi connectivity index (χ2n) is 4.94. The van der Waals surface area contributed by atoms with Gasteiger partial charge in [0.1, 0.15) is 11.6 Å². The van der Waals surface area contributed by atoms with Crippen molar-refractivity contribution in [1.29, 1.82) is 0 Å². The van der Waals surface area contributed by atoms with Gasteiger partial charge in [0.15, 0.2) is 0 Å². The van der Waals surface area contributed by atoms with E-state index in [0.717, 1.165) is 18.9 Å². The maximum absolute atomic E-state index is 12.9. The van der Waals surface area contributed by atoms with Gasteiger partial charge in [-0.15, -0.1) is 0 Å². The summed E-state index contributed by atoms with van der Waals surface area (Å²) in [7, 11) is 0. The number of rotatable bonds is 4. The molecule has 1 N–H and O–H groups in total. The van der Waals surface area contributed by atoms with Gasteiger partial charge in [-0.05, 0) is 44.9 Å². The van der Waals surface area contributed by atoms with Crippen molar-refractivity contribution in [3.63, 3.8) is 0 Å². The highest BCUT2D eigenvalue weighted by atomic mass is 19.1. The van der Waals surface area contributed by atoms with Gasteiger partial charge in [0.2, 0.25) is 0 Å². The second-order valence-corrected chi connectivity index (χ2v) is 4.94. The summed E-state index contributed by atoms with van der Waals surface area (Å²) in [5.74, 6) is 0.623. The largest absolute Gasteiger partial charge is 0.352 e. The van der Waals surface area contributed by atoms with Gasteiger partial charge in [-0.25, -0.2) is 9.37 Å². The molecule has 3 nitrogen and oxygen atoms in total. The van der Waals surface area contributed by atoms with Crippen LogP contribution >= 0.6 is 0 Å². The monoisotopic (exact) mass is 251 g/mol. The Labute approximate surface area is 108 Å². The van der Waals surface area contributed by atoms with E-state index >= 15 is 0 Å². The second kappa shape index (κ2) is 6.14. The summed E-state index contributed by atoms with van der Waals surface area (Å²) in [6.07, 6.45) is 4.93. The molecule has 1 aliphatic rings. The average molecular weight is 251 g/mol. The smallest absolute Gasteiger partial charge is 0.141 e. The molecule has 100 valence electrons. The molecular formula is C14H22FN3. The molecule has 0 saturated carbocycles. The molecule has 2 atom stereocenters. The van der Waals surface area contributed by atoms with E-state index in [1.807, 2.05) is 0 Å². The molecule has 1 fully saturated rings. The first-order valence-corrected chi connectivity index (χ1v) is 6.84. The number of halogens is 1. The molecular weight excluding hydrogens is 229 g/mol. The van der Waals surface area contributed by atoms with E-state index in [2.05, 4.69) is 29.0 Å². The molecule has 0 amide bonds. The van der Waals surface area contributed by atoms with Gasteiger partial charge >= 0.3 is 0 Å². The molecule has 0 spiro atoms. The zero-order chi connectivity index (χ0) is 13.0. The van der Waals surface area contributed by atoms with E-state index in [9.17, 15) is 4.39 Å². The minimum Gasteiger partial charge on any atom is -0.352 e. The third-order valence-corrected chi connectivity index (χ3v) is 3.66. The molecule has 1 aromatic heterocycles. The minimum atomic E-state index is -0.271. The van der Waals surface area contributed by atoms with Crippen LogP contribution in [0.2, 0.25) is 0 Å². The number of aromatic nitrogens is 1. The van der Waals surface area contributed by atoms with E-state index in [1.165, 1.54) is 31.5 Å². The highest BCUT2D eigenvalue weighted by Crippen LogP contribution is 2.25. The highest BCUT2D eigenvalue weighted by Gasteiger charge is 2.27. The van der Waals surface area contributed by atoms with Crippen LogP contribution in [0.5, 0.6) is 0 Å². The summed E-state index contributed by atoms with van der Waals surface area (Å²) >= 11 is 0. The molecule has 18 heavy (non-hydrogen) atoms. The average Bonchev–Trinajstić information content (AvgIpc) is 2.40. The Hall–Kier alpha value is -1.16. The number of pyridine rings is 1. The number of nitrogens with zero attached hydrogens (tertiary/aromatic N) is 2. The summed E-state index contributed by atoms with van der Waals surface area (Å²) in [5, 5.41) is 3.48. The lowest BCUT2D eigenvalue weighted by Crippen LogP contribution is -2.51. The molecule has 1 saturated heterocycles. The lowest BCUT2D eigenvalue weighted by atomic mass is 9.96. The molecule has 0 aromatic carbocycles. The summed E-state index contributed by atoms with van der Waals surface area (Å²) in [5.41, 5.74) is 0. The molecule has 2 heterocycles. The predicted molar refractivity (Wildman–Crippen MR) is 72.3 cm³/mol. The highest BCUT2D eigenvalue weighted by molar-refractivity contribution is 5.40. The van der Waals surface area contributed by atoms with E-state index in [1.54, 1.807) is 6.07 Å². The number of anilines is 1. The van der Waals surface area contributed by atoms with E-state index in [4.69, 9.17) is 0 Å². The maximum Gasteiger partial charge on any atom is 0.141 e. The standard InChI is InChI=1S/C14H22FN3/c1-3-16-11(2)13-6-4-5-9-18(13)14-8-7-12(15)10-17-14/h7-8,10-11,13,16H,3-6,9H2,1-2H3. The molecule has 0 aliphatic carbocycles. The third-order valence-electron chi connectivity index (χ3n) is 3.66. The van der Waals surface area contributed by atoms with Gasteiger partial charge in [-0.2, -0.15) is 0 Å². The van der Waals surface area contributed by atoms with Gasteiger partial charge < -0.3 is 10.2 Å². The summed E-state index contributed by atoms with van der Waals surface area (Å²) < 4.78 is 12.9. The Morgan fingerprint density at radius 2 is 2.33 bits per heavy atom. The SMILES string of the molecule is CCNC(C)C1CCCCN1c1ccc(F)cn1. The number of hydrogen-bond donors (Lipinski definition) is 1. The van der Waals surface area contributed by atoms with Gasteiger partial charge in [-0.1, -0.05) is 6.92 Å². The fraction of sp³-hybridized carbons (Fsp3) is 0.643. The van der Waals surface area contributed by atoms with Crippen molar-refractivity contribution in [1.82, 2.24) is 10.3 Å². The molecule has 2 unspecified atom stereocenters. The van der Waals surface area contributed by atoms with Crippen molar-refractivity contribution < 1.29 is 4.39 Å². The van der Waals surface area contributed by atoms with Crippen LogP contribution in [-0.4, -0.2) is 30.2 Å². The van der Waals surface area contributed by atoms with Crippen LogP contribution in [0.15, 0.2) is 18.3 Å². The predicted octanol–water partition coefficient (Wildman–Crippen LogP) is 2.58. The van der Waals surface area contributed by atoms with Crippen LogP contribution in [0.4, 0.5) is 10.2 Å². The summed E-state index contributed by atoms with van der Waals surface area (Å²) in [6, 6.07) is 4.16. The van der Waals surface area contributed by atoms with Gasteiger partial charge in [-0.3, -0.25) is 0 Å². The van der Waals surface area contributed by atoms with E-state index in [0.29, 0.717) is 12.1 Å². The maximum atomic E-state index is 12.9. The van der Waals surface area contributed by atoms with Crippen LogP contribution in [-0.2, 0) is 0 Å². The lowest BCUT2D eigenvalue weighted by Gasteiger charge is -2.40. The number of likely N-dealkylation sites (N-methyl/N-ethyl adjacent to an activating group) is 1. The Morgan fingerprint density at radius 1 is 1.50 bits per heavy atom. The van der Waals surface area contributed by atoms with Crippen molar-refractivity contribution in [3.05, 3.63) is 24.1 Å². The van der Waals surface area contributed by atoms with Crippen LogP contribution in [0, 0.1) is 5.82 Å². The number of piperidine rings is 1. The quantitative estimate of drug-likeness (QED) is 0.891. The summed E-state index contributed by atoms with van der Waals surface area (Å²) in [4.78, 5) is 6.53. The molecule has 4 heteroatoms. The van der Waals surface area contributed by atoms with Crippen molar-refractivity contribution in [2.24, 2.45) is 0 Å². The zero-order valence-corrected chi connectivity index (χ0v) is 11.2. The molecule has 1 aliphatic heterocycles. The number of hydrogen-bond acceptors (Lipinski definition) is 3. The van der Waals surface area contributed by atoms with E-state index in [-0.39, 0.29) is 5.82 Å². The first-order chi connectivity index (χ1) is 8.72. The molecule has 1 aromatic rings. The molecule has 2 rings (SSSR count). The van der Waals surface area contributed by atoms with Crippen molar-refractivity contribution in [2.45, 2.75) is 45.2 Å². The first-order valence-electron chi connectivity index (χ1n) is 6.84. The first kappa shape index (κ1) is 13.3. The van der Waals surface area contributed by atoms with Crippen LogP contribution in [0.3, 0.4) is 0 Å². The van der Waals surface area contributed by atoms with Gasteiger partial charge in [0, 0.05) is 18.6 Å². The number of nitrogens with one attached hydrogen (secondary N) is 1. The fourth-order valence-corrected chi connectivity index (χ4v) is 2.76. The molecule has 0 radical (unpaired) electrons. The Balaban J connectivity index is 2.14. The van der Waals surface area contributed by atoms with Crippen LogP contribution < -0.4 is 10.2 Å². The molecule has 0 bridgehead atoms. The normalized spacial score (nSPS) is 21.9. The van der Waals surface area contributed by atoms with Crippen molar-refractivity contribution in [2.75, 3.05) is 18.0 Å².